The molecule has 0 aliphatic heterocycles. The molecule has 0 heterocycles. The van der Waals surface area contributed by atoms with E-state index < -0.39 is 0 Å². The number of carbonyl (C=O) groups is 1. The van der Waals surface area contributed by atoms with Crippen LogP contribution in [0.1, 0.15) is 26.3 Å². The molecule has 0 saturated carbocycles. The van der Waals surface area contributed by atoms with Crippen LogP contribution in [0.5, 0.6) is 0 Å². The molecule has 1 N–H and O–H groups in total. The number of nitrogens with zero attached hydrogens (tertiary/aromatic N) is 1. The Kier molecular flexibility index (Phi) is 5.53. The van der Waals surface area contributed by atoms with Gasteiger partial charge in [-0.1, -0.05) is 19.1 Å². The van der Waals surface area contributed by atoms with Crippen molar-refractivity contribution in [2.45, 2.75) is 27.2 Å². The van der Waals surface area contributed by atoms with E-state index in [9.17, 15) is 4.79 Å². The lowest BCUT2D eigenvalue weighted by Crippen LogP contribution is -2.35. The van der Waals surface area contributed by atoms with E-state index in [1.807, 2.05) is 30.9 Å². The van der Waals surface area contributed by atoms with Gasteiger partial charge in [-0.3, -0.25) is 4.79 Å². The number of aryl methyl sites for hydroxylation is 1. The van der Waals surface area contributed by atoms with Crippen LogP contribution >= 0.6 is 0 Å². The van der Waals surface area contributed by atoms with Crippen molar-refractivity contribution in [2.24, 2.45) is 0 Å². The molecule has 0 saturated heterocycles. The van der Waals surface area contributed by atoms with Crippen LogP contribution in [0.15, 0.2) is 24.3 Å². The third-order valence-electron chi connectivity index (χ3n) is 2.90. The van der Waals surface area contributed by atoms with Gasteiger partial charge in [0.15, 0.2) is 0 Å². The first kappa shape index (κ1) is 13.6. The molecular weight excluding hydrogens is 212 g/mol. The van der Waals surface area contributed by atoms with Gasteiger partial charge in [0.2, 0.25) is 5.91 Å². The average molecular weight is 234 g/mol. The second kappa shape index (κ2) is 6.94. The van der Waals surface area contributed by atoms with Gasteiger partial charge in [0.05, 0.1) is 6.54 Å². The minimum atomic E-state index is 0.150. The Hall–Kier alpha value is -1.51. The van der Waals surface area contributed by atoms with Gasteiger partial charge >= 0.3 is 0 Å². The van der Waals surface area contributed by atoms with Crippen molar-refractivity contribution in [1.82, 2.24) is 4.90 Å². The van der Waals surface area contributed by atoms with Crippen LogP contribution in [0.4, 0.5) is 5.69 Å². The number of anilines is 1. The van der Waals surface area contributed by atoms with Crippen molar-refractivity contribution in [2.75, 3.05) is 25.0 Å². The molecule has 0 unspecified atom stereocenters. The third kappa shape index (κ3) is 4.10. The highest BCUT2D eigenvalue weighted by molar-refractivity contribution is 5.80. The Labute approximate surface area is 104 Å². The highest BCUT2D eigenvalue weighted by Gasteiger charge is 2.08. The molecule has 3 heteroatoms. The number of likely N-dealkylation sites (N-methyl/N-ethyl adjacent to an activating group) is 1. The van der Waals surface area contributed by atoms with E-state index in [-0.39, 0.29) is 5.91 Å². The van der Waals surface area contributed by atoms with Gasteiger partial charge in [0.1, 0.15) is 0 Å². The average Bonchev–Trinajstić information content (AvgIpc) is 2.38. The maximum atomic E-state index is 11.8. The summed E-state index contributed by atoms with van der Waals surface area (Å²) < 4.78 is 0. The second-order valence-electron chi connectivity index (χ2n) is 3.97. The summed E-state index contributed by atoms with van der Waals surface area (Å²) >= 11 is 0. The first-order chi connectivity index (χ1) is 8.21. The number of amides is 1. The molecule has 0 aromatic heterocycles. The lowest BCUT2D eigenvalue weighted by molar-refractivity contribution is -0.128. The van der Waals surface area contributed by atoms with Crippen molar-refractivity contribution in [1.29, 1.82) is 0 Å². The number of hydrogen-bond donors (Lipinski definition) is 1. The molecule has 0 aliphatic rings. The molecular formula is C14H22N2O. The van der Waals surface area contributed by atoms with E-state index in [2.05, 4.69) is 24.4 Å². The van der Waals surface area contributed by atoms with E-state index in [1.165, 1.54) is 5.56 Å². The fourth-order valence-corrected chi connectivity index (χ4v) is 1.77. The molecule has 0 spiro atoms. The molecule has 1 rings (SSSR count). The zero-order valence-corrected chi connectivity index (χ0v) is 11.0. The fraction of sp³-hybridized carbons (Fsp3) is 0.500. The van der Waals surface area contributed by atoms with Gasteiger partial charge in [-0.2, -0.15) is 0 Å². The Morgan fingerprint density at radius 3 is 2.53 bits per heavy atom. The number of hydrogen-bond acceptors (Lipinski definition) is 2. The van der Waals surface area contributed by atoms with Gasteiger partial charge < -0.3 is 10.2 Å². The lowest BCUT2D eigenvalue weighted by Gasteiger charge is -2.19. The summed E-state index contributed by atoms with van der Waals surface area (Å²) in [5.74, 6) is 0.150. The number of benzene rings is 1. The molecule has 17 heavy (non-hydrogen) atoms. The largest absolute Gasteiger partial charge is 0.376 e. The Bertz CT molecular complexity index is 359. The summed E-state index contributed by atoms with van der Waals surface area (Å²) in [4.78, 5) is 13.6. The standard InChI is InChI=1S/C14H22N2O/c1-4-12-8-7-9-13(10-12)15-11-14(17)16(5-2)6-3/h7-10,15H,4-6,11H2,1-3H3. The first-order valence-electron chi connectivity index (χ1n) is 6.31. The van der Waals surface area contributed by atoms with Crippen LogP contribution in [0.3, 0.4) is 0 Å². The number of carbonyl (C=O) groups excluding carboxylic acids is 1. The molecule has 0 bridgehead atoms. The number of rotatable bonds is 6. The molecule has 0 aliphatic carbocycles. The molecule has 0 fully saturated rings. The predicted octanol–water partition coefficient (Wildman–Crippen LogP) is 2.53. The van der Waals surface area contributed by atoms with Crippen LogP contribution in [0.25, 0.3) is 0 Å². The van der Waals surface area contributed by atoms with Gasteiger partial charge in [0.25, 0.3) is 0 Å². The predicted molar refractivity (Wildman–Crippen MR) is 72.2 cm³/mol. The molecule has 1 aromatic rings. The molecule has 1 aromatic carbocycles. The van der Waals surface area contributed by atoms with Gasteiger partial charge in [-0.05, 0) is 38.0 Å². The molecule has 3 nitrogen and oxygen atoms in total. The topological polar surface area (TPSA) is 32.3 Å². The Morgan fingerprint density at radius 1 is 1.24 bits per heavy atom. The minimum Gasteiger partial charge on any atom is -0.376 e. The van der Waals surface area contributed by atoms with Crippen LogP contribution < -0.4 is 5.32 Å². The van der Waals surface area contributed by atoms with E-state index in [0.29, 0.717) is 6.54 Å². The SMILES string of the molecule is CCc1cccc(NCC(=O)N(CC)CC)c1. The zero-order valence-electron chi connectivity index (χ0n) is 11.0. The van der Waals surface area contributed by atoms with Crippen LogP contribution in [0, 0.1) is 0 Å². The molecule has 94 valence electrons. The zero-order chi connectivity index (χ0) is 12.7. The highest BCUT2D eigenvalue weighted by atomic mass is 16.2. The van der Waals surface area contributed by atoms with Crippen LogP contribution in [0.2, 0.25) is 0 Å². The monoisotopic (exact) mass is 234 g/mol. The van der Waals surface area contributed by atoms with Crippen molar-refractivity contribution in [3.63, 3.8) is 0 Å². The van der Waals surface area contributed by atoms with Gasteiger partial charge in [-0.25, -0.2) is 0 Å². The summed E-state index contributed by atoms with van der Waals surface area (Å²) in [5.41, 5.74) is 2.30. The summed E-state index contributed by atoms with van der Waals surface area (Å²) in [6.45, 7) is 8.03. The van der Waals surface area contributed by atoms with E-state index >= 15 is 0 Å². The van der Waals surface area contributed by atoms with Crippen LogP contribution in [-0.2, 0) is 11.2 Å². The summed E-state index contributed by atoms with van der Waals surface area (Å²) in [5, 5.41) is 3.18. The lowest BCUT2D eigenvalue weighted by atomic mass is 10.1. The van der Waals surface area contributed by atoms with Gasteiger partial charge in [-0.15, -0.1) is 0 Å². The Morgan fingerprint density at radius 2 is 1.94 bits per heavy atom. The second-order valence-corrected chi connectivity index (χ2v) is 3.97. The van der Waals surface area contributed by atoms with Crippen molar-refractivity contribution < 1.29 is 4.79 Å². The smallest absolute Gasteiger partial charge is 0.241 e. The van der Waals surface area contributed by atoms with Crippen LogP contribution in [-0.4, -0.2) is 30.4 Å². The third-order valence-corrected chi connectivity index (χ3v) is 2.90. The normalized spacial score (nSPS) is 10.1. The maximum Gasteiger partial charge on any atom is 0.241 e. The molecule has 0 radical (unpaired) electrons. The van der Waals surface area contributed by atoms with Gasteiger partial charge in [0, 0.05) is 18.8 Å². The van der Waals surface area contributed by atoms with E-state index in [4.69, 9.17) is 0 Å². The van der Waals surface area contributed by atoms with E-state index in [1.54, 1.807) is 0 Å². The molecule has 1 amide bonds. The summed E-state index contributed by atoms with van der Waals surface area (Å²) in [6, 6.07) is 8.20. The molecule has 0 atom stereocenters. The minimum absolute atomic E-state index is 0.150. The van der Waals surface area contributed by atoms with Crippen molar-refractivity contribution in [3.8, 4) is 0 Å². The van der Waals surface area contributed by atoms with Crippen molar-refractivity contribution in [3.05, 3.63) is 29.8 Å². The first-order valence-corrected chi connectivity index (χ1v) is 6.31. The number of nitrogens with one attached hydrogen (secondary N) is 1. The fourth-order valence-electron chi connectivity index (χ4n) is 1.77. The quantitative estimate of drug-likeness (QED) is 0.820. The Balaban J connectivity index is 2.52. The summed E-state index contributed by atoms with van der Waals surface area (Å²) in [6.07, 6.45) is 1.01. The highest BCUT2D eigenvalue weighted by Crippen LogP contribution is 2.10. The van der Waals surface area contributed by atoms with E-state index in [0.717, 1.165) is 25.2 Å². The maximum absolute atomic E-state index is 11.8. The summed E-state index contributed by atoms with van der Waals surface area (Å²) in [7, 11) is 0. The van der Waals surface area contributed by atoms with Crippen molar-refractivity contribution >= 4 is 11.6 Å².